The normalized spacial score (nSPS) is 18.0. The summed E-state index contributed by atoms with van der Waals surface area (Å²) in [5.74, 6) is 1.48. The Morgan fingerprint density at radius 1 is 1.17 bits per heavy atom. The van der Waals surface area contributed by atoms with E-state index in [0.717, 1.165) is 43.6 Å². The number of anilines is 2. The van der Waals surface area contributed by atoms with Crippen molar-refractivity contribution in [2.45, 2.75) is 32.1 Å². The quantitative estimate of drug-likeness (QED) is 0.779. The van der Waals surface area contributed by atoms with Gasteiger partial charge in [-0.15, -0.1) is 11.3 Å². The summed E-state index contributed by atoms with van der Waals surface area (Å²) >= 11 is 1.56. The molecule has 1 aliphatic carbocycles. The molecule has 0 radical (unpaired) electrons. The molecule has 0 spiro atoms. The molecule has 6 nitrogen and oxygen atoms in total. The molecule has 2 aromatic rings. The average Bonchev–Trinajstić information content (AvgIpc) is 3.29. The number of piperazine rings is 1. The molecule has 1 aromatic carbocycles. The van der Waals surface area contributed by atoms with Crippen molar-refractivity contribution in [3.8, 4) is 5.75 Å². The summed E-state index contributed by atoms with van der Waals surface area (Å²) in [6, 6.07) is 8.19. The maximum atomic E-state index is 12.5. The number of amides is 1. The highest BCUT2D eigenvalue weighted by Crippen LogP contribution is 2.26. The van der Waals surface area contributed by atoms with Crippen LogP contribution in [0.15, 0.2) is 29.6 Å². The minimum atomic E-state index is -0.0342. The van der Waals surface area contributed by atoms with Crippen molar-refractivity contribution in [3.05, 3.63) is 35.3 Å². The molecule has 29 heavy (non-hydrogen) atoms. The molecule has 1 amide bonds. The fourth-order valence-electron chi connectivity index (χ4n) is 4.20. The molecule has 1 aliphatic heterocycles. The van der Waals surface area contributed by atoms with Gasteiger partial charge in [-0.05, 0) is 30.9 Å². The van der Waals surface area contributed by atoms with Gasteiger partial charge in [0.1, 0.15) is 11.4 Å². The van der Waals surface area contributed by atoms with Gasteiger partial charge < -0.3 is 19.9 Å². The van der Waals surface area contributed by atoms with E-state index >= 15 is 0 Å². The average molecular weight is 415 g/mol. The van der Waals surface area contributed by atoms with E-state index in [1.807, 2.05) is 17.5 Å². The molecule has 0 unspecified atom stereocenters. The number of hydrogen-bond donors (Lipinski definition) is 1. The minimum absolute atomic E-state index is 0.0342. The van der Waals surface area contributed by atoms with Gasteiger partial charge >= 0.3 is 0 Å². The van der Waals surface area contributed by atoms with Gasteiger partial charge in [-0.2, -0.15) is 0 Å². The zero-order valence-electron chi connectivity index (χ0n) is 17.1. The van der Waals surface area contributed by atoms with E-state index in [0.29, 0.717) is 11.6 Å². The van der Waals surface area contributed by atoms with Crippen LogP contribution in [0.3, 0.4) is 0 Å². The van der Waals surface area contributed by atoms with Crippen molar-refractivity contribution in [2.24, 2.45) is 5.92 Å². The van der Waals surface area contributed by atoms with E-state index in [9.17, 15) is 4.79 Å². The third-order valence-corrected chi connectivity index (χ3v) is 6.87. The Morgan fingerprint density at radius 2 is 1.93 bits per heavy atom. The molecular formula is C22H30N4O2S. The number of methoxy groups -OCH3 is 1. The lowest BCUT2D eigenvalue weighted by molar-refractivity contribution is 0.0939. The molecule has 0 bridgehead atoms. The Bertz CT molecular complexity index is 811. The number of nitrogens with zero attached hydrogens (tertiary/aromatic N) is 3. The van der Waals surface area contributed by atoms with E-state index in [1.165, 1.54) is 37.8 Å². The monoisotopic (exact) mass is 414 g/mol. The number of rotatable bonds is 6. The molecule has 2 aliphatic rings. The van der Waals surface area contributed by atoms with E-state index in [4.69, 9.17) is 4.74 Å². The van der Waals surface area contributed by atoms with Crippen LogP contribution in [0.5, 0.6) is 5.75 Å². The first-order valence-corrected chi connectivity index (χ1v) is 11.5. The Hall–Kier alpha value is -2.28. The lowest BCUT2D eigenvalue weighted by atomic mass is 9.89. The van der Waals surface area contributed by atoms with Crippen LogP contribution >= 0.6 is 11.3 Å². The molecule has 1 aromatic heterocycles. The van der Waals surface area contributed by atoms with Crippen LogP contribution in [-0.4, -0.2) is 50.7 Å². The van der Waals surface area contributed by atoms with Crippen LogP contribution in [0, 0.1) is 5.92 Å². The van der Waals surface area contributed by atoms with Crippen molar-refractivity contribution < 1.29 is 9.53 Å². The molecule has 1 saturated heterocycles. The van der Waals surface area contributed by atoms with Gasteiger partial charge in [-0.25, -0.2) is 4.98 Å². The smallest absolute Gasteiger partial charge is 0.270 e. The number of carbonyl (C=O) groups is 1. The highest BCUT2D eigenvalue weighted by atomic mass is 32.1. The fraction of sp³-hybridized carbons (Fsp3) is 0.545. The summed E-state index contributed by atoms with van der Waals surface area (Å²) in [6.07, 6.45) is 6.40. The lowest BCUT2D eigenvalue weighted by Crippen LogP contribution is -2.46. The first-order valence-electron chi connectivity index (χ1n) is 10.6. The van der Waals surface area contributed by atoms with E-state index in [1.54, 1.807) is 18.4 Å². The highest BCUT2D eigenvalue weighted by molar-refractivity contribution is 7.13. The molecular weight excluding hydrogens is 384 g/mol. The highest BCUT2D eigenvalue weighted by Gasteiger charge is 2.22. The fourth-order valence-corrected chi connectivity index (χ4v) is 5.06. The number of benzene rings is 1. The molecule has 2 fully saturated rings. The number of nitrogens with one attached hydrogen (secondary N) is 1. The van der Waals surface area contributed by atoms with Gasteiger partial charge in [0.05, 0.1) is 7.11 Å². The number of carbonyl (C=O) groups excluding carboxylic acids is 1. The molecule has 0 atom stereocenters. The Kier molecular flexibility index (Phi) is 6.54. The van der Waals surface area contributed by atoms with Crippen LogP contribution in [0.2, 0.25) is 0 Å². The summed E-state index contributed by atoms with van der Waals surface area (Å²) in [7, 11) is 1.70. The molecule has 7 heteroatoms. The predicted molar refractivity (Wildman–Crippen MR) is 118 cm³/mol. The second-order valence-electron chi connectivity index (χ2n) is 7.90. The van der Waals surface area contributed by atoms with Gasteiger partial charge in [0.2, 0.25) is 0 Å². The van der Waals surface area contributed by atoms with Gasteiger partial charge in [0, 0.05) is 49.9 Å². The summed E-state index contributed by atoms with van der Waals surface area (Å²) in [5.41, 5.74) is 1.74. The number of aromatic nitrogens is 1. The van der Waals surface area contributed by atoms with Crippen molar-refractivity contribution >= 4 is 28.1 Å². The molecule has 4 rings (SSSR count). The maximum absolute atomic E-state index is 12.5. The summed E-state index contributed by atoms with van der Waals surface area (Å²) < 4.78 is 5.34. The molecule has 2 heterocycles. The van der Waals surface area contributed by atoms with Crippen molar-refractivity contribution in [2.75, 3.05) is 49.6 Å². The number of thiazole rings is 1. The van der Waals surface area contributed by atoms with Crippen LogP contribution in [0.4, 0.5) is 10.8 Å². The van der Waals surface area contributed by atoms with Gasteiger partial charge in [0.15, 0.2) is 5.13 Å². The minimum Gasteiger partial charge on any atom is -0.497 e. The van der Waals surface area contributed by atoms with Gasteiger partial charge in [-0.1, -0.05) is 25.3 Å². The van der Waals surface area contributed by atoms with Gasteiger partial charge in [-0.3, -0.25) is 4.79 Å². The van der Waals surface area contributed by atoms with Crippen molar-refractivity contribution in [1.29, 1.82) is 0 Å². The summed E-state index contributed by atoms with van der Waals surface area (Å²) in [4.78, 5) is 21.7. The maximum Gasteiger partial charge on any atom is 0.270 e. The molecule has 1 N–H and O–H groups in total. The third-order valence-electron chi connectivity index (χ3n) is 5.97. The van der Waals surface area contributed by atoms with E-state index < -0.39 is 0 Å². The lowest BCUT2D eigenvalue weighted by Gasteiger charge is -2.36. The Labute approximate surface area is 176 Å². The van der Waals surface area contributed by atoms with Crippen molar-refractivity contribution in [3.63, 3.8) is 0 Å². The van der Waals surface area contributed by atoms with Crippen LogP contribution in [0.1, 0.15) is 42.6 Å². The van der Waals surface area contributed by atoms with Gasteiger partial charge in [0.25, 0.3) is 5.91 Å². The summed E-state index contributed by atoms with van der Waals surface area (Å²) in [5, 5.41) is 5.92. The third kappa shape index (κ3) is 5.01. The molecule has 156 valence electrons. The van der Waals surface area contributed by atoms with Crippen LogP contribution in [-0.2, 0) is 0 Å². The Balaban J connectivity index is 1.29. The predicted octanol–water partition coefficient (Wildman–Crippen LogP) is 3.79. The molecule has 1 saturated carbocycles. The van der Waals surface area contributed by atoms with E-state index in [2.05, 4.69) is 32.2 Å². The summed E-state index contributed by atoms with van der Waals surface area (Å²) in [6.45, 7) is 4.43. The topological polar surface area (TPSA) is 57.7 Å². The zero-order chi connectivity index (χ0) is 20.1. The van der Waals surface area contributed by atoms with Crippen LogP contribution in [0.25, 0.3) is 0 Å². The zero-order valence-corrected chi connectivity index (χ0v) is 17.9. The Morgan fingerprint density at radius 3 is 2.69 bits per heavy atom. The second kappa shape index (κ2) is 9.48. The largest absolute Gasteiger partial charge is 0.497 e. The SMILES string of the molecule is COc1cccc(N2CCN(c3nc(C(=O)NCC4CCCCC4)cs3)CC2)c1. The standard InChI is InChI=1S/C22H30N4O2S/c1-28-19-9-5-8-18(14-19)25-10-12-26(13-11-25)22-24-20(16-29-22)21(27)23-15-17-6-3-2-4-7-17/h5,8-9,14,16-17H,2-4,6-7,10-13,15H2,1H3,(H,23,27). The first kappa shape index (κ1) is 20.0. The number of hydrogen-bond acceptors (Lipinski definition) is 6. The number of ether oxygens (including phenoxy) is 1. The van der Waals surface area contributed by atoms with E-state index in [-0.39, 0.29) is 5.91 Å². The van der Waals surface area contributed by atoms with Crippen LogP contribution < -0.4 is 19.9 Å². The van der Waals surface area contributed by atoms with Crippen molar-refractivity contribution in [1.82, 2.24) is 10.3 Å². The first-order chi connectivity index (χ1) is 14.2. The second-order valence-corrected chi connectivity index (χ2v) is 8.74.